The van der Waals surface area contributed by atoms with Crippen LogP contribution in [-0.2, 0) is 4.74 Å². The Balaban J connectivity index is 2.83. The van der Waals surface area contributed by atoms with Gasteiger partial charge in [0.1, 0.15) is 11.9 Å². The van der Waals surface area contributed by atoms with E-state index in [0.717, 1.165) is 0 Å². The van der Waals surface area contributed by atoms with Crippen molar-refractivity contribution in [2.45, 2.75) is 13.0 Å². The van der Waals surface area contributed by atoms with Crippen LogP contribution in [0.1, 0.15) is 6.92 Å². The second-order valence-electron chi connectivity index (χ2n) is 2.34. The number of aliphatic hydroxyl groups is 1. The van der Waals surface area contributed by atoms with Crippen molar-refractivity contribution in [1.29, 1.82) is 5.41 Å². The largest absolute Gasteiger partial charge is 0.495 e. The van der Waals surface area contributed by atoms with Crippen LogP contribution in [-0.4, -0.2) is 23.7 Å². The van der Waals surface area contributed by atoms with Gasteiger partial charge in [-0.1, -0.05) is 6.08 Å². The first-order valence-corrected chi connectivity index (χ1v) is 3.78. The smallest absolute Gasteiger partial charge is 0.145 e. The second kappa shape index (κ2) is 3.90. The molecule has 64 valence electrons. The predicted molar refractivity (Wildman–Crippen MR) is 46.1 cm³/mol. The Morgan fingerprint density at radius 1 is 1.75 bits per heavy atom. The summed E-state index contributed by atoms with van der Waals surface area (Å²) in [5.41, 5.74) is 0.431. The van der Waals surface area contributed by atoms with E-state index in [4.69, 9.17) is 10.1 Å². The molecule has 0 aromatic rings. The topological polar surface area (TPSA) is 53.3 Å². The van der Waals surface area contributed by atoms with Crippen LogP contribution in [0.2, 0.25) is 0 Å². The van der Waals surface area contributed by atoms with E-state index in [0.29, 0.717) is 17.9 Å². The van der Waals surface area contributed by atoms with Gasteiger partial charge in [-0.25, -0.2) is 0 Å². The van der Waals surface area contributed by atoms with Crippen LogP contribution in [0.25, 0.3) is 0 Å². The summed E-state index contributed by atoms with van der Waals surface area (Å²) >= 11 is 0. The molecule has 3 heteroatoms. The van der Waals surface area contributed by atoms with Crippen molar-refractivity contribution in [3.8, 4) is 0 Å². The molecule has 1 aliphatic carbocycles. The summed E-state index contributed by atoms with van der Waals surface area (Å²) in [6.07, 6.45) is 4.23. The summed E-state index contributed by atoms with van der Waals surface area (Å²) < 4.78 is 5.14. The molecular weight excluding hydrogens is 154 g/mol. The quantitative estimate of drug-likeness (QED) is 0.600. The Labute approximate surface area is 71.2 Å². The van der Waals surface area contributed by atoms with E-state index in [2.05, 4.69) is 5.87 Å². The van der Waals surface area contributed by atoms with E-state index in [1.165, 1.54) is 0 Å². The zero-order chi connectivity index (χ0) is 8.97. The standard InChI is InChI=1S/C9H11NO2/c1-2-12-8-5-3-4-7(6-10)9(8)11/h3-5,9-11H,2H2,1H3. The van der Waals surface area contributed by atoms with Gasteiger partial charge in [0.15, 0.2) is 0 Å². The highest BCUT2D eigenvalue weighted by molar-refractivity contribution is 5.63. The molecular formula is C9H11NO2. The molecule has 1 aliphatic rings. The summed E-state index contributed by atoms with van der Waals surface area (Å²) in [5, 5.41) is 16.4. The number of aliphatic hydroxyl groups excluding tert-OH is 1. The van der Waals surface area contributed by atoms with Crippen molar-refractivity contribution in [2.24, 2.45) is 0 Å². The Morgan fingerprint density at radius 3 is 3.08 bits per heavy atom. The van der Waals surface area contributed by atoms with Crippen LogP contribution < -0.4 is 0 Å². The summed E-state index contributed by atoms with van der Waals surface area (Å²) in [6, 6.07) is 0. The molecule has 0 spiro atoms. The van der Waals surface area contributed by atoms with Crippen molar-refractivity contribution < 1.29 is 9.84 Å². The van der Waals surface area contributed by atoms with Gasteiger partial charge in [-0.15, -0.1) is 0 Å². The van der Waals surface area contributed by atoms with Crippen LogP contribution in [0.15, 0.2) is 29.6 Å². The minimum absolute atomic E-state index is 0.431. The number of hydrogen-bond acceptors (Lipinski definition) is 3. The molecule has 0 fully saturated rings. The third-order valence-electron chi connectivity index (χ3n) is 1.56. The molecule has 1 unspecified atom stereocenters. The Kier molecular flexibility index (Phi) is 2.86. The van der Waals surface area contributed by atoms with Gasteiger partial charge in [-0.05, 0) is 24.9 Å². The zero-order valence-electron chi connectivity index (χ0n) is 6.87. The van der Waals surface area contributed by atoms with E-state index in [-0.39, 0.29) is 0 Å². The molecule has 2 N–H and O–H groups in total. The van der Waals surface area contributed by atoms with Gasteiger partial charge in [-0.3, -0.25) is 5.41 Å². The fourth-order valence-electron chi connectivity index (χ4n) is 0.986. The monoisotopic (exact) mass is 165 g/mol. The van der Waals surface area contributed by atoms with Crippen molar-refractivity contribution >= 4 is 5.87 Å². The van der Waals surface area contributed by atoms with Gasteiger partial charge >= 0.3 is 0 Å². The molecule has 0 bridgehead atoms. The number of hydrogen-bond donors (Lipinski definition) is 2. The van der Waals surface area contributed by atoms with E-state index < -0.39 is 6.10 Å². The van der Waals surface area contributed by atoms with Gasteiger partial charge in [0.2, 0.25) is 0 Å². The molecule has 0 aromatic carbocycles. The highest BCUT2D eigenvalue weighted by Gasteiger charge is 2.17. The number of rotatable bonds is 2. The molecule has 0 aliphatic heterocycles. The van der Waals surface area contributed by atoms with E-state index >= 15 is 0 Å². The molecule has 3 nitrogen and oxygen atoms in total. The van der Waals surface area contributed by atoms with Crippen LogP contribution >= 0.6 is 0 Å². The number of ether oxygens (including phenoxy) is 1. The molecule has 0 amide bonds. The highest BCUT2D eigenvalue weighted by Crippen LogP contribution is 2.17. The lowest BCUT2D eigenvalue weighted by Gasteiger charge is -2.16. The van der Waals surface area contributed by atoms with Gasteiger partial charge < -0.3 is 9.84 Å². The van der Waals surface area contributed by atoms with E-state index in [9.17, 15) is 5.11 Å². The fourth-order valence-corrected chi connectivity index (χ4v) is 0.986. The molecule has 1 atom stereocenters. The normalized spacial score (nSPS) is 21.7. The first-order valence-electron chi connectivity index (χ1n) is 3.78. The summed E-state index contributed by atoms with van der Waals surface area (Å²) in [6.45, 7) is 2.36. The SMILES string of the molecule is CCOC1=CC=CC(=C=N)C1O. The minimum Gasteiger partial charge on any atom is -0.495 e. The lowest BCUT2D eigenvalue weighted by atomic mass is 10.0. The van der Waals surface area contributed by atoms with Crippen LogP contribution in [0, 0.1) is 5.41 Å². The van der Waals surface area contributed by atoms with Crippen molar-refractivity contribution in [3.63, 3.8) is 0 Å². The van der Waals surface area contributed by atoms with Crippen molar-refractivity contribution in [2.75, 3.05) is 6.61 Å². The third kappa shape index (κ3) is 1.64. The maximum absolute atomic E-state index is 9.50. The average molecular weight is 165 g/mol. The predicted octanol–water partition coefficient (Wildman–Crippen LogP) is 1.01. The highest BCUT2D eigenvalue weighted by atomic mass is 16.5. The van der Waals surface area contributed by atoms with Crippen LogP contribution in [0.4, 0.5) is 0 Å². The van der Waals surface area contributed by atoms with Crippen LogP contribution in [0.3, 0.4) is 0 Å². The molecule has 0 saturated heterocycles. The lowest BCUT2D eigenvalue weighted by Crippen LogP contribution is -2.17. The zero-order valence-corrected chi connectivity index (χ0v) is 6.87. The second-order valence-corrected chi connectivity index (χ2v) is 2.34. The van der Waals surface area contributed by atoms with Crippen molar-refractivity contribution in [3.05, 3.63) is 29.6 Å². The summed E-state index contributed by atoms with van der Waals surface area (Å²) in [5.74, 6) is 2.63. The maximum atomic E-state index is 9.50. The lowest BCUT2D eigenvalue weighted by molar-refractivity contribution is 0.130. The minimum atomic E-state index is -0.826. The van der Waals surface area contributed by atoms with Gasteiger partial charge in [-0.2, -0.15) is 0 Å². The van der Waals surface area contributed by atoms with Crippen molar-refractivity contribution in [1.82, 2.24) is 0 Å². The fraction of sp³-hybridized carbons (Fsp3) is 0.333. The molecule has 0 saturated carbocycles. The number of nitrogens with one attached hydrogen (secondary N) is 1. The van der Waals surface area contributed by atoms with E-state index in [1.807, 2.05) is 6.92 Å². The van der Waals surface area contributed by atoms with Gasteiger partial charge in [0.05, 0.1) is 6.61 Å². The average Bonchev–Trinajstić information content (AvgIpc) is 2.09. The Morgan fingerprint density at radius 2 is 2.50 bits per heavy atom. The van der Waals surface area contributed by atoms with E-state index in [1.54, 1.807) is 18.2 Å². The van der Waals surface area contributed by atoms with Gasteiger partial charge in [0, 0.05) is 5.57 Å². The summed E-state index contributed by atoms with van der Waals surface area (Å²) in [4.78, 5) is 0. The molecule has 12 heavy (non-hydrogen) atoms. The Bertz CT molecular complexity index is 272. The molecule has 1 rings (SSSR count). The number of allylic oxidation sites excluding steroid dienone is 2. The maximum Gasteiger partial charge on any atom is 0.145 e. The van der Waals surface area contributed by atoms with Gasteiger partial charge in [0.25, 0.3) is 0 Å². The Hall–Kier alpha value is -1.31. The van der Waals surface area contributed by atoms with Crippen LogP contribution in [0.5, 0.6) is 0 Å². The first-order chi connectivity index (χ1) is 5.79. The molecule has 0 radical (unpaired) electrons. The molecule has 0 aromatic heterocycles. The summed E-state index contributed by atoms with van der Waals surface area (Å²) in [7, 11) is 0. The first kappa shape index (κ1) is 8.78. The molecule has 0 heterocycles. The third-order valence-corrected chi connectivity index (χ3v) is 1.56.